The van der Waals surface area contributed by atoms with Crippen LogP contribution in [0.15, 0.2) is 24.3 Å². The quantitative estimate of drug-likeness (QED) is 0.616. The van der Waals surface area contributed by atoms with Crippen molar-refractivity contribution in [3.05, 3.63) is 51.8 Å². The summed E-state index contributed by atoms with van der Waals surface area (Å²) < 4.78 is 7.31. The molecule has 1 atom stereocenters. The van der Waals surface area contributed by atoms with E-state index in [9.17, 15) is 9.59 Å². The Kier molecular flexibility index (Phi) is 7.73. The highest BCUT2D eigenvalue weighted by atomic mass is 35.5. The second kappa shape index (κ2) is 10.2. The van der Waals surface area contributed by atoms with Crippen molar-refractivity contribution in [2.75, 3.05) is 26.7 Å². The van der Waals surface area contributed by atoms with Crippen LogP contribution in [0.2, 0.25) is 5.02 Å². The zero-order chi connectivity index (χ0) is 24.3. The van der Waals surface area contributed by atoms with Gasteiger partial charge < -0.3 is 14.5 Å². The van der Waals surface area contributed by atoms with Crippen LogP contribution >= 0.6 is 11.6 Å². The van der Waals surface area contributed by atoms with Crippen molar-refractivity contribution in [1.82, 2.24) is 19.6 Å². The van der Waals surface area contributed by atoms with Gasteiger partial charge in [-0.1, -0.05) is 29.8 Å². The summed E-state index contributed by atoms with van der Waals surface area (Å²) in [5.41, 5.74) is 2.65. The van der Waals surface area contributed by atoms with Crippen molar-refractivity contribution < 1.29 is 14.3 Å². The number of carbonyl (C=O) groups excluding carboxylic acids is 2. The number of likely N-dealkylation sites (tertiary alicyclic amines) is 1. The second-order valence-corrected chi connectivity index (χ2v) is 10.3. The molecule has 0 aliphatic carbocycles. The molecule has 1 unspecified atom stereocenters. The molecule has 7 nitrogen and oxygen atoms in total. The molecule has 2 amide bonds. The largest absolute Gasteiger partial charge is 0.444 e. The van der Waals surface area contributed by atoms with Crippen molar-refractivity contribution in [3.8, 4) is 0 Å². The Labute approximate surface area is 201 Å². The molecule has 8 heteroatoms. The van der Waals surface area contributed by atoms with Crippen LogP contribution < -0.4 is 0 Å². The third-order valence-corrected chi connectivity index (χ3v) is 6.29. The van der Waals surface area contributed by atoms with E-state index in [0.29, 0.717) is 36.8 Å². The average molecular weight is 475 g/mol. The second-order valence-electron chi connectivity index (χ2n) is 9.92. The van der Waals surface area contributed by atoms with Gasteiger partial charge in [0.1, 0.15) is 5.60 Å². The Hall–Kier alpha value is -2.54. The minimum Gasteiger partial charge on any atom is -0.444 e. The number of halogens is 1. The fourth-order valence-electron chi connectivity index (χ4n) is 4.31. The van der Waals surface area contributed by atoms with Crippen LogP contribution in [0.25, 0.3) is 0 Å². The summed E-state index contributed by atoms with van der Waals surface area (Å²) >= 11 is 6.32. The highest BCUT2D eigenvalue weighted by Crippen LogP contribution is 2.24. The maximum absolute atomic E-state index is 13.5. The Morgan fingerprint density at radius 1 is 1.24 bits per heavy atom. The lowest BCUT2D eigenvalue weighted by atomic mass is 9.96. The maximum Gasteiger partial charge on any atom is 0.410 e. The molecule has 0 bridgehead atoms. The number of rotatable bonds is 5. The van der Waals surface area contributed by atoms with Crippen molar-refractivity contribution in [2.24, 2.45) is 5.92 Å². The summed E-state index contributed by atoms with van der Waals surface area (Å²) in [6.45, 7) is 11.8. The molecule has 1 aromatic carbocycles. The molecular formula is C25H35ClN4O3. The van der Waals surface area contributed by atoms with Gasteiger partial charge in [-0.05, 0) is 65.0 Å². The Morgan fingerprint density at radius 3 is 2.61 bits per heavy atom. The zero-order valence-corrected chi connectivity index (χ0v) is 21.3. The van der Waals surface area contributed by atoms with E-state index >= 15 is 0 Å². The van der Waals surface area contributed by atoms with Gasteiger partial charge in [0.05, 0.1) is 17.8 Å². The number of piperidine rings is 1. The molecule has 2 aromatic rings. The Balaban J connectivity index is 1.69. The summed E-state index contributed by atoms with van der Waals surface area (Å²) in [5, 5.41) is 5.31. The SMILES string of the molecule is Cc1nn(Cc2ccccc2Cl)c(C)c1C(=O)N1CCCC(CN(C)C(=O)OC(C)(C)C)C1. The smallest absolute Gasteiger partial charge is 0.410 e. The summed E-state index contributed by atoms with van der Waals surface area (Å²) in [6.07, 6.45) is 1.55. The van der Waals surface area contributed by atoms with E-state index in [1.165, 1.54) is 0 Å². The van der Waals surface area contributed by atoms with E-state index in [-0.39, 0.29) is 17.9 Å². The van der Waals surface area contributed by atoms with Crippen LogP contribution in [-0.4, -0.2) is 63.9 Å². The number of hydrogen-bond acceptors (Lipinski definition) is 4. The predicted octanol–water partition coefficient (Wildman–Crippen LogP) is 4.92. The standard InChI is InChI=1S/C25H35ClN4O3/c1-17-22(18(2)30(27-17)16-20-11-7-8-12-21(20)26)23(31)29-13-9-10-19(15-29)14-28(6)24(32)33-25(3,4)5/h7-8,11-12,19H,9-10,13-16H2,1-6H3. The van der Waals surface area contributed by atoms with Gasteiger partial charge in [0.25, 0.3) is 5.91 Å². The normalized spacial score (nSPS) is 16.6. The zero-order valence-electron chi connectivity index (χ0n) is 20.5. The van der Waals surface area contributed by atoms with Crippen LogP contribution in [-0.2, 0) is 11.3 Å². The molecule has 3 rings (SSSR count). The first kappa shape index (κ1) is 25.1. The molecule has 1 aliphatic rings. The molecule has 1 saturated heterocycles. The summed E-state index contributed by atoms with van der Waals surface area (Å²) in [5.74, 6) is 0.207. The number of aryl methyl sites for hydroxylation is 1. The number of carbonyl (C=O) groups is 2. The maximum atomic E-state index is 13.5. The van der Waals surface area contributed by atoms with Crippen LogP contribution in [0.4, 0.5) is 4.79 Å². The number of ether oxygens (including phenoxy) is 1. The summed E-state index contributed by atoms with van der Waals surface area (Å²) in [7, 11) is 1.75. The van der Waals surface area contributed by atoms with E-state index in [4.69, 9.17) is 16.3 Å². The number of hydrogen-bond donors (Lipinski definition) is 0. The summed E-state index contributed by atoms with van der Waals surface area (Å²) in [6, 6.07) is 7.67. The molecule has 1 aliphatic heterocycles. The van der Waals surface area contributed by atoms with Gasteiger partial charge in [0.15, 0.2) is 0 Å². The topological polar surface area (TPSA) is 67.7 Å². The third-order valence-electron chi connectivity index (χ3n) is 5.92. The van der Waals surface area contributed by atoms with Gasteiger partial charge in [0, 0.05) is 37.4 Å². The van der Waals surface area contributed by atoms with E-state index in [1.807, 2.05) is 68.5 Å². The van der Waals surface area contributed by atoms with Crippen molar-refractivity contribution >= 4 is 23.6 Å². The first-order valence-electron chi connectivity index (χ1n) is 11.5. The molecule has 33 heavy (non-hydrogen) atoms. The molecule has 0 radical (unpaired) electrons. The fraction of sp³-hybridized carbons (Fsp3) is 0.560. The molecule has 0 N–H and O–H groups in total. The predicted molar refractivity (Wildman–Crippen MR) is 130 cm³/mol. The van der Waals surface area contributed by atoms with Gasteiger partial charge in [-0.15, -0.1) is 0 Å². The molecular weight excluding hydrogens is 440 g/mol. The number of aromatic nitrogens is 2. The van der Waals surface area contributed by atoms with Gasteiger partial charge in [-0.2, -0.15) is 5.10 Å². The monoisotopic (exact) mass is 474 g/mol. The molecule has 2 heterocycles. The lowest BCUT2D eigenvalue weighted by Gasteiger charge is -2.35. The van der Waals surface area contributed by atoms with E-state index in [1.54, 1.807) is 11.9 Å². The Morgan fingerprint density at radius 2 is 1.94 bits per heavy atom. The number of nitrogens with zero attached hydrogens (tertiary/aromatic N) is 4. The first-order chi connectivity index (χ1) is 15.5. The first-order valence-corrected chi connectivity index (χ1v) is 11.8. The molecule has 1 fully saturated rings. The molecule has 0 saturated carbocycles. The third kappa shape index (κ3) is 6.28. The van der Waals surface area contributed by atoms with Gasteiger partial charge in [0.2, 0.25) is 0 Å². The number of benzene rings is 1. The van der Waals surface area contributed by atoms with Crippen LogP contribution in [0, 0.1) is 19.8 Å². The van der Waals surface area contributed by atoms with E-state index < -0.39 is 5.60 Å². The van der Waals surface area contributed by atoms with Gasteiger partial charge in [-0.25, -0.2) is 4.79 Å². The molecule has 0 spiro atoms. The average Bonchev–Trinajstić information content (AvgIpc) is 3.01. The lowest BCUT2D eigenvalue weighted by Crippen LogP contribution is -2.45. The van der Waals surface area contributed by atoms with Crippen LogP contribution in [0.5, 0.6) is 0 Å². The van der Waals surface area contributed by atoms with Crippen LogP contribution in [0.1, 0.15) is 60.9 Å². The van der Waals surface area contributed by atoms with Crippen molar-refractivity contribution in [1.29, 1.82) is 0 Å². The fourth-order valence-corrected chi connectivity index (χ4v) is 4.50. The van der Waals surface area contributed by atoms with Crippen molar-refractivity contribution in [3.63, 3.8) is 0 Å². The number of amides is 2. The van der Waals surface area contributed by atoms with Gasteiger partial charge >= 0.3 is 6.09 Å². The Bertz CT molecular complexity index is 1010. The minimum absolute atomic E-state index is 0.0000275. The highest BCUT2D eigenvalue weighted by Gasteiger charge is 2.30. The summed E-state index contributed by atoms with van der Waals surface area (Å²) in [4.78, 5) is 29.3. The van der Waals surface area contributed by atoms with E-state index in [2.05, 4.69) is 5.10 Å². The minimum atomic E-state index is -0.529. The highest BCUT2D eigenvalue weighted by molar-refractivity contribution is 6.31. The molecule has 1 aromatic heterocycles. The molecule has 180 valence electrons. The van der Waals surface area contributed by atoms with Crippen LogP contribution in [0.3, 0.4) is 0 Å². The van der Waals surface area contributed by atoms with Gasteiger partial charge in [-0.3, -0.25) is 9.48 Å². The lowest BCUT2D eigenvalue weighted by molar-refractivity contribution is 0.0244. The van der Waals surface area contributed by atoms with E-state index in [0.717, 1.165) is 29.8 Å². The van der Waals surface area contributed by atoms with Crippen molar-refractivity contribution in [2.45, 2.75) is 59.6 Å².